The average molecular weight is 330 g/mol. The monoisotopic (exact) mass is 330 g/mol. The second-order valence-electron chi connectivity index (χ2n) is 5.95. The second-order valence-corrected chi connectivity index (χ2v) is 5.95. The second kappa shape index (κ2) is 5.98. The average Bonchev–Trinajstić information content (AvgIpc) is 2.64. The van der Waals surface area contributed by atoms with Gasteiger partial charge >= 0.3 is 0 Å². The lowest BCUT2D eigenvalue weighted by Crippen LogP contribution is -2.22. The molecule has 0 fully saturated rings. The van der Waals surface area contributed by atoms with E-state index in [2.05, 4.69) is 5.10 Å². The lowest BCUT2D eigenvalue weighted by Gasteiger charge is -2.11. The Balaban J connectivity index is 2.05. The number of aromatic nitrogens is 2. The number of aryl methyl sites for hydroxylation is 1. The summed E-state index contributed by atoms with van der Waals surface area (Å²) in [7, 11) is 0. The number of rotatable bonds is 2. The first kappa shape index (κ1) is 15.3. The van der Waals surface area contributed by atoms with Crippen LogP contribution in [-0.2, 0) is 0 Å². The lowest BCUT2D eigenvalue weighted by molar-refractivity contribution is 0.626. The van der Waals surface area contributed by atoms with E-state index in [0.717, 1.165) is 22.2 Å². The van der Waals surface area contributed by atoms with Crippen molar-refractivity contribution in [1.82, 2.24) is 9.78 Å². The van der Waals surface area contributed by atoms with Gasteiger partial charge in [0.05, 0.1) is 16.8 Å². The zero-order valence-electron chi connectivity index (χ0n) is 13.6. The highest BCUT2D eigenvalue weighted by atomic mass is 19.1. The van der Waals surface area contributed by atoms with E-state index >= 15 is 0 Å². The number of nitrogens with zero attached hydrogens (tertiary/aromatic N) is 2. The van der Waals surface area contributed by atoms with E-state index in [0.29, 0.717) is 11.1 Å². The molecule has 1 heterocycles. The van der Waals surface area contributed by atoms with Crippen LogP contribution in [0.15, 0.2) is 77.6 Å². The fourth-order valence-electron chi connectivity index (χ4n) is 2.87. The first-order valence-corrected chi connectivity index (χ1v) is 7.98. The van der Waals surface area contributed by atoms with Crippen LogP contribution in [-0.4, -0.2) is 9.78 Å². The fraction of sp³-hybridized carbons (Fsp3) is 0.0476. The Hall–Kier alpha value is -3.27. The predicted octanol–water partition coefficient (Wildman–Crippen LogP) is 4.50. The van der Waals surface area contributed by atoms with Crippen molar-refractivity contribution in [3.05, 3.63) is 94.5 Å². The molecular formula is C21H15FN2O. The molecule has 25 heavy (non-hydrogen) atoms. The predicted molar refractivity (Wildman–Crippen MR) is 97.5 cm³/mol. The van der Waals surface area contributed by atoms with Gasteiger partial charge in [-0.25, -0.2) is 4.39 Å². The largest absolute Gasteiger partial charge is 0.279 e. The highest BCUT2D eigenvalue weighted by Crippen LogP contribution is 2.25. The van der Waals surface area contributed by atoms with Crippen LogP contribution in [0.1, 0.15) is 5.56 Å². The Morgan fingerprint density at radius 1 is 0.840 bits per heavy atom. The molecule has 0 N–H and O–H groups in total. The van der Waals surface area contributed by atoms with E-state index in [1.165, 1.54) is 16.8 Å². The molecule has 0 unspecified atom stereocenters. The van der Waals surface area contributed by atoms with Crippen LogP contribution in [0.5, 0.6) is 0 Å². The van der Waals surface area contributed by atoms with E-state index in [9.17, 15) is 9.18 Å². The molecule has 4 rings (SSSR count). The number of benzene rings is 3. The van der Waals surface area contributed by atoms with Gasteiger partial charge in [-0.3, -0.25) is 4.79 Å². The summed E-state index contributed by atoms with van der Waals surface area (Å²) in [5.74, 6) is -0.351. The van der Waals surface area contributed by atoms with E-state index in [1.807, 2.05) is 49.4 Å². The summed E-state index contributed by atoms with van der Waals surface area (Å²) < 4.78 is 14.6. The highest BCUT2D eigenvalue weighted by Gasteiger charge is 2.13. The van der Waals surface area contributed by atoms with Gasteiger partial charge in [0.15, 0.2) is 0 Å². The smallest absolute Gasteiger partial charge is 0.267 e. The van der Waals surface area contributed by atoms with Crippen LogP contribution in [0.2, 0.25) is 0 Å². The van der Waals surface area contributed by atoms with Crippen LogP contribution in [0.4, 0.5) is 4.39 Å². The SMILES string of the molecule is Cc1ccc(-c2nn(-c3ccc(F)cc3)c(=O)c3ccccc23)cc1. The topological polar surface area (TPSA) is 34.9 Å². The maximum Gasteiger partial charge on any atom is 0.279 e. The summed E-state index contributed by atoms with van der Waals surface area (Å²) in [6, 6.07) is 21.2. The van der Waals surface area contributed by atoms with Crippen molar-refractivity contribution in [1.29, 1.82) is 0 Å². The standard InChI is InChI=1S/C21H15FN2O/c1-14-6-8-15(9-7-14)20-18-4-2-3-5-19(18)21(25)24(23-20)17-12-10-16(22)11-13-17/h2-13H,1H3. The molecule has 0 aliphatic rings. The molecule has 122 valence electrons. The molecule has 0 saturated carbocycles. The number of hydrogen-bond acceptors (Lipinski definition) is 2. The van der Waals surface area contributed by atoms with Crippen LogP contribution in [0.3, 0.4) is 0 Å². The third-order valence-corrected chi connectivity index (χ3v) is 4.20. The molecule has 0 atom stereocenters. The fourth-order valence-corrected chi connectivity index (χ4v) is 2.87. The van der Waals surface area contributed by atoms with Crippen LogP contribution in [0.25, 0.3) is 27.7 Å². The Labute approximate surface area is 144 Å². The quantitative estimate of drug-likeness (QED) is 0.542. The van der Waals surface area contributed by atoms with Gasteiger partial charge in [0.25, 0.3) is 5.56 Å². The van der Waals surface area contributed by atoms with E-state index < -0.39 is 0 Å². The molecule has 0 bridgehead atoms. The van der Waals surface area contributed by atoms with Crippen molar-refractivity contribution in [2.75, 3.05) is 0 Å². The molecule has 3 nitrogen and oxygen atoms in total. The van der Waals surface area contributed by atoms with Crippen LogP contribution >= 0.6 is 0 Å². The normalized spacial score (nSPS) is 11.0. The Bertz CT molecular complexity index is 1110. The van der Waals surface area contributed by atoms with Gasteiger partial charge in [0, 0.05) is 10.9 Å². The van der Waals surface area contributed by atoms with Crippen molar-refractivity contribution in [2.24, 2.45) is 0 Å². The summed E-state index contributed by atoms with van der Waals surface area (Å²) in [6.07, 6.45) is 0. The van der Waals surface area contributed by atoms with Crippen molar-refractivity contribution >= 4 is 10.8 Å². The molecule has 0 amide bonds. The molecule has 0 saturated heterocycles. The highest BCUT2D eigenvalue weighted by molar-refractivity contribution is 5.93. The molecule has 0 radical (unpaired) electrons. The molecule has 0 aliphatic heterocycles. The Morgan fingerprint density at radius 2 is 1.48 bits per heavy atom. The molecule has 0 spiro atoms. The Kier molecular flexibility index (Phi) is 3.65. The van der Waals surface area contributed by atoms with Gasteiger partial charge in [-0.05, 0) is 37.3 Å². The molecular weight excluding hydrogens is 315 g/mol. The minimum Gasteiger partial charge on any atom is -0.267 e. The van der Waals surface area contributed by atoms with Gasteiger partial charge in [0.2, 0.25) is 0 Å². The third-order valence-electron chi connectivity index (χ3n) is 4.20. The van der Waals surface area contributed by atoms with Crippen molar-refractivity contribution in [3.8, 4) is 16.9 Å². The number of fused-ring (bicyclic) bond motifs is 1. The number of hydrogen-bond donors (Lipinski definition) is 0. The van der Waals surface area contributed by atoms with Crippen LogP contribution in [0, 0.1) is 12.7 Å². The summed E-state index contributed by atoms with van der Waals surface area (Å²) >= 11 is 0. The van der Waals surface area contributed by atoms with Gasteiger partial charge in [-0.2, -0.15) is 9.78 Å². The van der Waals surface area contributed by atoms with Gasteiger partial charge in [-0.15, -0.1) is 0 Å². The summed E-state index contributed by atoms with van der Waals surface area (Å²) in [5.41, 5.74) is 3.11. The molecule has 1 aromatic heterocycles. The minimum absolute atomic E-state index is 0.224. The first-order valence-electron chi connectivity index (χ1n) is 7.98. The number of halogens is 1. The van der Waals surface area contributed by atoms with Crippen molar-refractivity contribution in [2.45, 2.75) is 6.92 Å². The molecule has 4 aromatic rings. The van der Waals surface area contributed by atoms with Crippen molar-refractivity contribution < 1.29 is 4.39 Å². The van der Waals surface area contributed by atoms with Crippen molar-refractivity contribution in [3.63, 3.8) is 0 Å². The molecule has 0 aliphatic carbocycles. The maximum atomic E-state index is 13.2. The molecule has 4 heteroatoms. The lowest BCUT2D eigenvalue weighted by atomic mass is 10.0. The third kappa shape index (κ3) is 2.72. The van der Waals surface area contributed by atoms with E-state index in [1.54, 1.807) is 18.2 Å². The zero-order chi connectivity index (χ0) is 17.4. The first-order chi connectivity index (χ1) is 12.1. The van der Waals surface area contributed by atoms with Crippen LogP contribution < -0.4 is 5.56 Å². The van der Waals surface area contributed by atoms with Gasteiger partial charge in [-0.1, -0.05) is 48.0 Å². The zero-order valence-corrected chi connectivity index (χ0v) is 13.6. The van der Waals surface area contributed by atoms with Gasteiger partial charge < -0.3 is 0 Å². The maximum absolute atomic E-state index is 13.2. The van der Waals surface area contributed by atoms with Gasteiger partial charge in [0.1, 0.15) is 5.82 Å². The Morgan fingerprint density at radius 3 is 2.16 bits per heavy atom. The molecule has 3 aromatic carbocycles. The van der Waals surface area contributed by atoms with E-state index in [-0.39, 0.29) is 11.4 Å². The summed E-state index contributed by atoms with van der Waals surface area (Å²) in [4.78, 5) is 12.9. The summed E-state index contributed by atoms with van der Waals surface area (Å²) in [6.45, 7) is 2.02. The minimum atomic E-state index is -0.351. The summed E-state index contributed by atoms with van der Waals surface area (Å²) in [5, 5.41) is 5.96. The van der Waals surface area contributed by atoms with E-state index in [4.69, 9.17) is 0 Å².